The number of thiazole rings is 1. The molecule has 2 amide bonds. The zero-order valence-electron chi connectivity index (χ0n) is 14.9. The lowest BCUT2D eigenvalue weighted by molar-refractivity contribution is -0.122. The van der Waals surface area contributed by atoms with E-state index in [0.717, 1.165) is 16.9 Å². The maximum absolute atomic E-state index is 12.3. The van der Waals surface area contributed by atoms with Gasteiger partial charge in [0.2, 0.25) is 5.91 Å². The summed E-state index contributed by atoms with van der Waals surface area (Å²) in [6.07, 6.45) is -0.642. The SMILES string of the molecule is CC(=O)Nc1ccc(-c2csc(NC(=O)C(C)Oc3ccccc3)n2)cc1. The van der Waals surface area contributed by atoms with Gasteiger partial charge < -0.3 is 10.1 Å². The van der Waals surface area contributed by atoms with E-state index in [1.165, 1.54) is 18.3 Å². The molecule has 1 unspecified atom stereocenters. The molecule has 0 bridgehead atoms. The molecule has 0 aliphatic heterocycles. The number of rotatable bonds is 6. The minimum Gasteiger partial charge on any atom is -0.481 e. The summed E-state index contributed by atoms with van der Waals surface area (Å²) in [6, 6.07) is 16.5. The van der Waals surface area contributed by atoms with Crippen molar-refractivity contribution in [3.8, 4) is 17.0 Å². The zero-order valence-corrected chi connectivity index (χ0v) is 15.7. The molecular weight excluding hydrogens is 362 g/mol. The number of amides is 2. The second-order valence-corrected chi connectivity index (χ2v) is 6.72. The third-order valence-corrected chi connectivity index (χ3v) is 4.42. The maximum atomic E-state index is 12.3. The summed E-state index contributed by atoms with van der Waals surface area (Å²) in [5.41, 5.74) is 2.37. The molecule has 6 nitrogen and oxygen atoms in total. The van der Waals surface area contributed by atoms with Crippen LogP contribution in [-0.4, -0.2) is 22.9 Å². The van der Waals surface area contributed by atoms with Crippen LogP contribution < -0.4 is 15.4 Å². The Labute approximate surface area is 161 Å². The van der Waals surface area contributed by atoms with Gasteiger partial charge in [-0.25, -0.2) is 4.98 Å². The molecule has 2 N–H and O–H groups in total. The molecule has 0 spiro atoms. The number of hydrogen-bond acceptors (Lipinski definition) is 5. The lowest BCUT2D eigenvalue weighted by atomic mass is 10.1. The Kier molecular flexibility index (Phi) is 5.83. The van der Waals surface area contributed by atoms with Crippen molar-refractivity contribution in [2.24, 2.45) is 0 Å². The molecule has 1 heterocycles. The number of para-hydroxylation sites is 1. The molecule has 27 heavy (non-hydrogen) atoms. The van der Waals surface area contributed by atoms with Crippen molar-refractivity contribution in [3.63, 3.8) is 0 Å². The standard InChI is InChI=1S/C20H19N3O3S/c1-13(26-17-6-4-3-5-7-17)19(25)23-20-22-18(12-27-20)15-8-10-16(11-9-15)21-14(2)24/h3-13H,1-2H3,(H,21,24)(H,22,23,25). The first-order chi connectivity index (χ1) is 13.0. The highest BCUT2D eigenvalue weighted by Crippen LogP contribution is 2.26. The van der Waals surface area contributed by atoms with Crippen molar-refractivity contribution in [1.82, 2.24) is 4.98 Å². The molecule has 7 heteroatoms. The summed E-state index contributed by atoms with van der Waals surface area (Å²) >= 11 is 1.34. The van der Waals surface area contributed by atoms with Gasteiger partial charge in [0.25, 0.3) is 5.91 Å². The van der Waals surface area contributed by atoms with Crippen molar-refractivity contribution in [2.45, 2.75) is 20.0 Å². The molecule has 0 saturated carbocycles. The fourth-order valence-corrected chi connectivity index (χ4v) is 3.08. The third kappa shape index (κ3) is 5.15. The second kappa shape index (κ2) is 8.46. The van der Waals surface area contributed by atoms with Crippen molar-refractivity contribution in [1.29, 1.82) is 0 Å². The molecule has 1 aromatic heterocycles. The van der Waals surface area contributed by atoms with E-state index < -0.39 is 6.10 Å². The molecular formula is C20H19N3O3S. The van der Waals surface area contributed by atoms with Crippen LogP contribution >= 0.6 is 11.3 Å². The van der Waals surface area contributed by atoms with Gasteiger partial charge in [-0.2, -0.15) is 0 Å². The van der Waals surface area contributed by atoms with E-state index in [-0.39, 0.29) is 11.8 Å². The lowest BCUT2D eigenvalue weighted by Gasteiger charge is -2.13. The molecule has 0 radical (unpaired) electrons. The zero-order chi connectivity index (χ0) is 19.2. The van der Waals surface area contributed by atoms with E-state index in [9.17, 15) is 9.59 Å². The minimum atomic E-state index is -0.642. The fraction of sp³-hybridized carbons (Fsp3) is 0.150. The van der Waals surface area contributed by atoms with Crippen molar-refractivity contribution < 1.29 is 14.3 Å². The van der Waals surface area contributed by atoms with Crippen molar-refractivity contribution >= 4 is 34.0 Å². The average Bonchev–Trinajstić information content (AvgIpc) is 3.11. The third-order valence-electron chi connectivity index (χ3n) is 3.66. The Bertz CT molecular complexity index is 923. The summed E-state index contributed by atoms with van der Waals surface area (Å²) in [5.74, 6) is 0.258. The molecule has 2 aromatic carbocycles. The van der Waals surface area contributed by atoms with E-state index in [1.807, 2.05) is 47.8 Å². The number of benzene rings is 2. The summed E-state index contributed by atoms with van der Waals surface area (Å²) in [6.45, 7) is 3.16. The molecule has 3 aromatic rings. The van der Waals surface area contributed by atoms with Crippen LogP contribution in [0.4, 0.5) is 10.8 Å². The Morgan fingerprint density at radius 2 is 1.74 bits per heavy atom. The van der Waals surface area contributed by atoms with E-state index in [0.29, 0.717) is 10.9 Å². The summed E-state index contributed by atoms with van der Waals surface area (Å²) in [4.78, 5) is 27.8. The van der Waals surface area contributed by atoms with Gasteiger partial charge >= 0.3 is 0 Å². The first-order valence-electron chi connectivity index (χ1n) is 8.37. The van der Waals surface area contributed by atoms with Crippen LogP contribution in [0.2, 0.25) is 0 Å². The number of ether oxygens (including phenoxy) is 1. The van der Waals surface area contributed by atoms with Crippen LogP contribution in [0.5, 0.6) is 5.75 Å². The number of nitrogens with one attached hydrogen (secondary N) is 2. The predicted octanol–water partition coefficient (Wildman–Crippen LogP) is 4.17. The van der Waals surface area contributed by atoms with E-state index in [2.05, 4.69) is 15.6 Å². The van der Waals surface area contributed by atoms with Crippen LogP contribution in [0.1, 0.15) is 13.8 Å². The topological polar surface area (TPSA) is 80.3 Å². The second-order valence-electron chi connectivity index (χ2n) is 5.86. The van der Waals surface area contributed by atoms with Gasteiger partial charge in [-0.1, -0.05) is 30.3 Å². The molecule has 0 aliphatic rings. The summed E-state index contributed by atoms with van der Waals surface area (Å²) in [7, 11) is 0. The van der Waals surface area contributed by atoms with Gasteiger partial charge in [-0.3, -0.25) is 14.9 Å². The molecule has 3 rings (SSSR count). The van der Waals surface area contributed by atoms with Gasteiger partial charge in [-0.15, -0.1) is 11.3 Å². The number of anilines is 2. The monoisotopic (exact) mass is 381 g/mol. The number of nitrogens with zero attached hydrogens (tertiary/aromatic N) is 1. The number of hydrogen-bond donors (Lipinski definition) is 2. The normalized spacial score (nSPS) is 11.5. The van der Waals surface area contributed by atoms with Gasteiger partial charge in [0.05, 0.1) is 5.69 Å². The Hall–Kier alpha value is -3.19. The smallest absolute Gasteiger partial charge is 0.266 e. The van der Waals surface area contributed by atoms with E-state index in [4.69, 9.17) is 4.74 Å². The quantitative estimate of drug-likeness (QED) is 0.671. The Morgan fingerprint density at radius 3 is 2.41 bits per heavy atom. The first-order valence-corrected chi connectivity index (χ1v) is 9.25. The van der Waals surface area contributed by atoms with Crippen LogP contribution in [-0.2, 0) is 9.59 Å². The highest BCUT2D eigenvalue weighted by molar-refractivity contribution is 7.14. The summed E-state index contributed by atoms with van der Waals surface area (Å²) in [5, 5.41) is 7.87. The summed E-state index contributed by atoms with van der Waals surface area (Å²) < 4.78 is 5.61. The Morgan fingerprint density at radius 1 is 1.04 bits per heavy atom. The molecule has 0 fully saturated rings. The lowest BCUT2D eigenvalue weighted by Crippen LogP contribution is -2.30. The van der Waals surface area contributed by atoms with Crippen LogP contribution in [0.25, 0.3) is 11.3 Å². The van der Waals surface area contributed by atoms with E-state index >= 15 is 0 Å². The van der Waals surface area contributed by atoms with Gasteiger partial charge in [-0.05, 0) is 31.2 Å². The van der Waals surface area contributed by atoms with Gasteiger partial charge in [0.1, 0.15) is 5.75 Å². The molecule has 0 aliphatic carbocycles. The first kappa shape index (κ1) is 18.6. The highest BCUT2D eigenvalue weighted by Gasteiger charge is 2.16. The van der Waals surface area contributed by atoms with Crippen LogP contribution in [0.15, 0.2) is 60.0 Å². The number of aromatic nitrogens is 1. The van der Waals surface area contributed by atoms with Crippen molar-refractivity contribution in [3.05, 3.63) is 60.0 Å². The molecule has 1 atom stereocenters. The van der Waals surface area contributed by atoms with Gasteiger partial charge in [0, 0.05) is 23.6 Å². The van der Waals surface area contributed by atoms with Crippen molar-refractivity contribution in [2.75, 3.05) is 10.6 Å². The largest absolute Gasteiger partial charge is 0.481 e. The highest BCUT2D eigenvalue weighted by atomic mass is 32.1. The van der Waals surface area contributed by atoms with Gasteiger partial charge in [0.15, 0.2) is 11.2 Å². The minimum absolute atomic E-state index is 0.117. The fourth-order valence-electron chi connectivity index (χ4n) is 2.36. The van der Waals surface area contributed by atoms with Crippen LogP contribution in [0.3, 0.4) is 0 Å². The average molecular weight is 381 g/mol. The number of carbonyl (C=O) groups is 2. The molecule has 0 saturated heterocycles. The predicted molar refractivity (Wildman–Crippen MR) is 107 cm³/mol. The van der Waals surface area contributed by atoms with E-state index in [1.54, 1.807) is 19.1 Å². The van der Waals surface area contributed by atoms with Crippen LogP contribution in [0, 0.1) is 0 Å². The molecule has 138 valence electrons. The maximum Gasteiger partial charge on any atom is 0.266 e. The number of carbonyl (C=O) groups excluding carboxylic acids is 2. The Balaban J connectivity index is 1.61.